The molecular formula is C42H46ClN9O6. The molecule has 5 amide bonds. The van der Waals surface area contributed by atoms with E-state index in [-0.39, 0.29) is 30.9 Å². The van der Waals surface area contributed by atoms with Gasteiger partial charge in [-0.2, -0.15) is 5.26 Å². The summed E-state index contributed by atoms with van der Waals surface area (Å²) in [6.45, 7) is 8.01. The fourth-order valence-electron chi connectivity index (χ4n) is 8.89. The molecule has 1 saturated carbocycles. The highest BCUT2D eigenvalue weighted by atomic mass is 35.5. The van der Waals surface area contributed by atoms with Gasteiger partial charge in [-0.25, -0.2) is 0 Å². The van der Waals surface area contributed by atoms with E-state index >= 15 is 0 Å². The molecular weight excluding hydrogens is 762 g/mol. The lowest BCUT2D eigenvalue weighted by Crippen LogP contribution is -2.54. The van der Waals surface area contributed by atoms with Gasteiger partial charge in [0.25, 0.3) is 17.7 Å². The SMILES string of the molecule is Cc1cc2c(cc1N1CCN(CC3CCN(c4ccc(C(=O)N[C@H]5CC[C@H](Oc6ccc(C#N)c(Cl)c6)CC5)nn4)CC3)CC1)C(=O)N(C1CCC(=O)NC1=O)C2=O. The largest absolute Gasteiger partial charge is 0.490 e. The number of anilines is 2. The van der Waals surface area contributed by atoms with E-state index in [2.05, 4.69) is 41.6 Å². The second-order valence-corrected chi connectivity index (χ2v) is 16.4. The minimum Gasteiger partial charge on any atom is -0.490 e. The molecule has 2 N–H and O–H groups in total. The Bertz CT molecular complexity index is 2150. The van der Waals surface area contributed by atoms with Crippen LogP contribution in [-0.2, 0) is 9.59 Å². The predicted molar refractivity (Wildman–Crippen MR) is 214 cm³/mol. The van der Waals surface area contributed by atoms with E-state index in [1.807, 2.05) is 13.0 Å². The third-order valence-corrected chi connectivity index (χ3v) is 12.5. The summed E-state index contributed by atoms with van der Waals surface area (Å²) in [4.78, 5) is 71.8. The van der Waals surface area contributed by atoms with E-state index < -0.39 is 29.7 Å². The Morgan fingerprint density at radius 2 is 1.60 bits per heavy atom. The van der Waals surface area contributed by atoms with Gasteiger partial charge in [0.15, 0.2) is 11.5 Å². The number of aryl methyl sites for hydroxylation is 1. The summed E-state index contributed by atoms with van der Waals surface area (Å²) in [5, 5.41) is 23.5. The summed E-state index contributed by atoms with van der Waals surface area (Å²) in [7, 11) is 0. The van der Waals surface area contributed by atoms with Crippen LogP contribution in [0.4, 0.5) is 11.5 Å². The van der Waals surface area contributed by atoms with Crippen molar-refractivity contribution in [3.63, 3.8) is 0 Å². The number of aromatic nitrogens is 2. The lowest BCUT2D eigenvalue weighted by atomic mass is 9.93. The zero-order valence-electron chi connectivity index (χ0n) is 32.4. The molecule has 15 nitrogen and oxygen atoms in total. The highest BCUT2D eigenvalue weighted by Gasteiger charge is 2.45. The van der Waals surface area contributed by atoms with Crippen molar-refractivity contribution >= 4 is 52.6 Å². The number of amides is 5. The number of carbonyl (C=O) groups excluding carboxylic acids is 5. The number of benzene rings is 2. The maximum absolute atomic E-state index is 13.4. The van der Waals surface area contributed by atoms with E-state index in [9.17, 15) is 24.0 Å². The van der Waals surface area contributed by atoms with Crippen LogP contribution in [0.1, 0.15) is 93.7 Å². The molecule has 4 aliphatic heterocycles. The maximum atomic E-state index is 13.4. The number of piperidine rings is 2. The topological polar surface area (TPSA) is 181 Å². The van der Waals surface area contributed by atoms with Crippen LogP contribution >= 0.6 is 11.6 Å². The molecule has 1 unspecified atom stereocenters. The van der Waals surface area contributed by atoms with Crippen molar-refractivity contribution in [1.29, 1.82) is 5.26 Å². The van der Waals surface area contributed by atoms with Gasteiger partial charge in [0.1, 0.15) is 17.9 Å². The smallest absolute Gasteiger partial charge is 0.272 e. The quantitative estimate of drug-likeness (QED) is 0.299. The molecule has 0 radical (unpaired) electrons. The number of hydrogen-bond acceptors (Lipinski definition) is 12. The molecule has 16 heteroatoms. The predicted octanol–water partition coefficient (Wildman–Crippen LogP) is 3.87. The normalized spacial score (nSPS) is 23.1. The van der Waals surface area contributed by atoms with E-state index in [4.69, 9.17) is 21.6 Å². The van der Waals surface area contributed by atoms with Crippen molar-refractivity contribution in [3.05, 3.63) is 75.4 Å². The number of ether oxygens (including phenoxy) is 1. The van der Waals surface area contributed by atoms with Crippen LogP contribution < -0.4 is 25.2 Å². The first kappa shape index (κ1) is 39.2. The van der Waals surface area contributed by atoms with Gasteiger partial charge in [-0.15, -0.1) is 10.2 Å². The number of fused-ring (bicyclic) bond motifs is 1. The molecule has 3 saturated heterocycles. The first-order valence-corrected chi connectivity index (χ1v) is 20.5. The van der Waals surface area contributed by atoms with Crippen LogP contribution in [0.3, 0.4) is 0 Å². The second kappa shape index (κ2) is 16.7. The summed E-state index contributed by atoms with van der Waals surface area (Å²) in [6.07, 6.45) is 5.43. The fraction of sp³-hybridized carbons (Fsp3) is 0.476. The number of halogens is 1. The molecule has 1 aromatic heterocycles. The standard InChI is InChI=1S/C42H46ClN9O6/c1-25-20-31-32(42(57)52(41(31)56)35-9-11-38(53)46-40(35)55)22-36(25)50-18-16-49(17-19-50)24-26-12-14-51(15-13-26)37-10-8-34(47-48-37)39(54)45-28-3-6-29(7-4-28)58-30-5-2-27(23-44)33(43)21-30/h2,5,8,10,20-22,26,28-29,35H,3-4,6-7,9,11-19,24H2,1H3,(H,45,54)(H,46,53,55)/t28-,29-,35?. The lowest BCUT2D eigenvalue weighted by Gasteiger charge is -2.40. The summed E-state index contributed by atoms with van der Waals surface area (Å²) < 4.78 is 6.08. The molecule has 302 valence electrons. The Labute approximate surface area is 341 Å². The second-order valence-electron chi connectivity index (χ2n) is 15.9. The molecule has 58 heavy (non-hydrogen) atoms. The number of hydrogen-bond donors (Lipinski definition) is 2. The van der Waals surface area contributed by atoms with E-state index in [1.54, 1.807) is 36.4 Å². The van der Waals surface area contributed by atoms with Crippen molar-refractivity contribution in [2.45, 2.75) is 76.5 Å². The molecule has 5 aliphatic rings. The number of nitrogens with zero attached hydrogens (tertiary/aromatic N) is 7. The van der Waals surface area contributed by atoms with Gasteiger partial charge in [-0.3, -0.25) is 39.1 Å². The van der Waals surface area contributed by atoms with E-state index in [0.717, 1.165) is 106 Å². The number of nitrogens with one attached hydrogen (secondary N) is 2. The van der Waals surface area contributed by atoms with Gasteiger partial charge in [-0.1, -0.05) is 11.6 Å². The zero-order valence-corrected chi connectivity index (χ0v) is 33.2. The third-order valence-electron chi connectivity index (χ3n) is 12.2. The molecule has 0 spiro atoms. The van der Waals surface area contributed by atoms with Crippen LogP contribution in [0.2, 0.25) is 5.02 Å². The molecule has 0 bridgehead atoms. The first-order chi connectivity index (χ1) is 28.0. The molecule has 4 fully saturated rings. The number of rotatable bonds is 9. The van der Waals surface area contributed by atoms with Crippen molar-refractivity contribution in [3.8, 4) is 11.8 Å². The Kier molecular flexibility index (Phi) is 11.3. The van der Waals surface area contributed by atoms with Crippen LogP contribution in [0.25, 0.3) is 0 Å². The number of piperazine rings is 1. The Hall–Kier alpha value is -5.59. The number of imide groups is 2. The summed E-state index contributed by atoms with van der Waals surface area (Å²) in [5.74, 6) is -0.251. The molecule has 3 aromatic rings. The maximum Gasteiger partial charge on any atom is 0.272 e. The van der Waals surface area contributed by atoms with Crippen LogP contribution in [0, 0.1) is 24.2 Å². The van der Waals surface area contributed by atoms with Crippen molar-refractivity contribution in [2.24, 2.45) is 5.92 Å². The highest BCUT2D eigenvalue weighted by molar-refractivity contribution is 6.31. The Morgan fingerprint density at radius 1 is 0.879 bits per heavy atom. The lowest BCUT2D eigenvalue weighted by molar-refractivity contribution is -0.136. The van der Waals surface area contributed by atoms with Crippen molar-refractivity contribution in [2.75, 3.05) is 55.6 Å². The molecule has 5 heterocycles. The fourth-order valence-corrected chi connectivity index (χ4v) is 9.10. The summed E-state index contributed by atoms with van der Waals surface area (Å²) in [5.41, 5.74) is 3.15. The average molecular weight is 808 g/mol. The highest BCUT2D eigenvalue weighted by Crippen LogP contribution is 2.34. The number of carbonyl (C=O) groups is 5. The molecule has 1 atom stereocenters. The van der Waals surface area contributed by atoms with Gasteiger partial charge in [-0.05, 0) is 99.7 Å². The van der Waals surface area contributed by atoms with Gasteiger partial charge in [0.2, 0.25) is 11.8 Å². The van der Waals surface area contributed by atoms with Gasteiger partial charge >= 0.3 is 0 Å². The van der Waals surface area contributed by atoms with Crippen LogP contribution in [0.15, 0.2) is 42.5 Å². The van der Waals surface area contributed by atoms with Crippen LogP contribution in [0.5, 0.6) is 5.75 Å². The molecule has 1 aliphatic carbocycles. The van der Waals surface area contributed by atoms with Crippen molar-refractivity contribution < 1.29 is 28.7 Å². The third kappa shape index (κ3) is 8.21. The Morgan fingerprint density at radius 3 is 2.26 bits per heavy atom. The van der Waals surface area contributed by atoms with E-state index in [1.165, 1.54) is 0 Å². The zero-order chi connectivity index (χ0) is 40.5. The first-order valence-electron chi connectivity index (χ1n) is 20.1. The van der Waals surface area contributed by atoms with Gasteiger partial charge in [0.05, 0.1) is 27.8 Å². The summed E-state index contributed by atoms with van der Waals surface area (Å²) in [6, 6.07) is 13.4. The minimum atomic E-state index is -0.982. The van der Waals surface area contributed by atoms with Gasteiger partial charge < -0.3 is 19.9 Å². The number of nitriles is 1. The van der Waals surface area contributed by atoms with Gasteiger partial charge in [0, 0.05) is 70.0 Å². The van der Waals surface area contributed by atoms with E-state index in [0.29, 0.717) is 39.1 Å². The molecule has 2 aromatic carbocycles. The monoisotopic (exact) mass is 807 g/mol. The summed E-state index contributed by atoms with van der Waals surface area (Å²) >= 11 is 6.15. The Balaban J connectivity index is 0.764. The minimum absolute atomic E-state index is 0.0177. The van der Waals surface area contributed by atoms with Crippen LogP contribution in [-0.4, -0.2) is 114 Å². The average Bonchev–Trinajstić information content (AvgIpc) is 3.46. The molecule has 8 rings (SSSR count). The van der Waals surface area contributed by atoms with Crippen molar-refractivity contribution in [1.82, 2.24) is 30.6 Å².